The van der Waals surface area contributed by atoms with Gasteiger partial charge < -0.3 is 15.7 Å². The molecule has 0 aromatic rings. The van der Waals surface area contributed by atoms with Crippen LogP contribution in [0.5, 0.6) is 0 Å². The van der Waals surface area contributed by atoms with E-state index in [1.807, 2.05) is 13.8 Å². The topological polar surface area (TPSA) is 78.4 Å². The average Bonchev–Trinajstić information content (AvgIpc) is 2.02. The lowest BCUT2D eigenvalue weighted by Crippen LogP contribution is -2.49. The van der Waals surface area contributed by atoms with Crippen LogP contribution in [0.4, 0.5) is 0 Å². The zero-order valence-corrected chi connectivity index (χ0v) is 9.00. The number of carbonyl (C=O) groups excluding carboxylic acids is 1. The maximum atomic E-state index is 11.4. The van der Waals surface area contributed by atoms with E-state index in [9.17, 15) is 9.59 Å². The van der Waals surface area contributed by atoms with Crippen LogP contribution in [-0.4, -0.2) is 35.1 Å². The lowest BCUT2D eigenvalue weighted by Gasteiger charge is -2.18. The first-order valence-corrected chi connectivity index (χ1v) is 4.63. The molecule has 0 aromatic heterocycles. The van der Waals surface area contributed by atoms with Gasteiger partial charge in [-0.2, -0.15) is 0 Å². The Kier molecular flexibility index (Phi) is 5.15. The highest BCUT2D eigenvalue weighted by molar-refractivity contribution is 5.86. The first-order valence-electron chi connectivity index (χ1n) is 4.63. The second-order valence-electron chi connectivity index (χ2n) is 3.61. The molecular formula is C9H18N2O3. The van der Waals surface area contributed by atoms with E-state index in [2.05, 4.69) is 10.6 Å². The molecule has 0 aromatic carbocycles. The van der Waals surface area contributed by atoms with Crippen LogP contribution in [0.3, 0.4) is 0 Å². The number of aliphatic carboxylic acids is 1. The number of hydrogen-bond donors (Lipinski definition) is 3. The van der Waals surface area contributed by atoms with Crippen LogP contribution in [0.2, 0.25) is 0 Å². The standard InChI is InChI=1S/C9H18N2O3/c1-5(2)10-6(3)8(12)11-7(4)9(13)14/h5-7,10H,1-4H3,(H,11,12)(H,13,14)/t6-,7-/m0/s1. The van der Waals surface area contributed by atoms with Crippen molar-refractivity contribution < 1.29 is 14.7 Å². The quantitative estimate of drug-likeness (QED) is 0.584. The van der Waals surface area contributed by atoms with E-state index < -0.39 is 12.0 Å². The van der Waals surface area contributed by atoms with Crippen molar-refractivity contribution in [3.8, 4) is 0 Å². The van der Waals surface area contributed by atoms with E-state index in [0.717, 1.165) is 0 Å². The summed E-state index contributed by atoms with van der Waals surface area (Å²) in [4.78, 5) is 21.8. The summed E-state index contributed by atoms with van der Waals surface area (Å²) in [6.07, 6.45) is 0. The van der Waals surface area contributed by atoms with Crippen molar-refractivity contribution in [2.45, 2.75) is 45.8 Å². The van der Waals surface area contributed by atoms with E-state index >= 15 is 0 Å². The number of carboxylic acids is 1. The molecule has 5 heteroatoms. The lowest BCUT2D eigenvalue weighted by atomic mass is 10.2. The van der Waals surface area contributed by atoms with Crippen LogP contribution in [-0.2, 0) is 9.59 Å². The predicted octanol–water partition coefficient (Wildman–Crippen LogP) is -0.0378. The molecule has 0 aliphatic heterocycles. The first kappa shape index (κ1) is 12.9. The van der Waals surface area contributed by atoms with Gasteiger partial charge in [-0.25, -0.2) is 0 Å². The van der Waals surface area contributed by atoms with Gasteiger partial charge in [-0.3, -0.25) is 9.59 Å². The van der Waals surface area contributed by atoms with Gasteiger partial charge in [0.05, 0.1) is 6.04 Å². The molecule has 0 saturated carbocycles. The average molecular weight is 202 g/mol. The van der Waals surface area contributed by atoms with Gasteiger partial charge in [0.1, 0.15) is 6.04 Å². The summed E-state index contributed by atoms with van der Waals surface area (Å²) >= 11 is 0. The summed E-state index contributed by atoms with van der Waals surface area (Å²) < 4.78 is 0. The predicted molar refractivity (Wildman–Crippen MR) is 53.0 cm³/mol. The minimum Gasteiger partial charge on any atom is -0.480 e. The van der Waals surface area contributed by atoms with Crippen molar-refractivity contribution in [3.05, 3.63) is 0 Å². The minimum absolute atomic E-state index is 0.191. The molecule has 0 aliphatic carbocycles. The summed E-state index contributed by atoms with van der Waals surface area (Å²) in [6.45, 7) is 6.97. The number of carbonyl (C=O) groups is 2. The molecule has 0 aliphatic rings. The van der Waals surface area contributed by atoms with Gasteiger partial charge in [0, 0.05) is 6.04 Å². The van der Waals surface area contributed by atoms with E-state index in [4.69, 9.17) is 5.11 Å². The molecule has 5 nitrogen and oxygen atoms in total. The highest BCUT2D eigenvalue weighted by Gasteiger charge is 2.18. The molecule has 0 spiro atoms. The van der Waals surface area contributed by atoms with Gasteiger partial charge in [-0.05, 0) is 13.8 Å². The Bertz CT molecular complexity index is 216. The molecule has 0 rings (SSSR count). The van der Waals surface area contributed by atoms with Crippen molar-refractivity contribution in [2.24, 2.45) is 0 Å². The zero-order valence-electron chi connectivity index (χ0n) is 9.00. The fourth-order valence-electron chi connectivity index (χ4n) is 0.976. The number of carboxylic acid groups (broad SMARTS) is 1. The largest absolute Gasteiger partial charge is 0.480 e. The third-order valence-corrected chi connectivity index (χ3v) is 1.71. The Labute approximate surface area is 83.9 Å². The molecule has 0 saturated heterocycles. The summed E-state index contributed by atoms with van der Waals surface area (Å²) in [5.74, 6) is -1.33. The van der Waals surface area contributed by atoms with Crippen molar-refractivity contribution in [1.82, 2.24) is 10.6 Å². The number of hydrogen-bond acceptors (Lipinski definition) is 3. The van der Waals surface area contributed by atoms with E-state index in [1.54, 1.807) is 6.92 Å². The Morgan fingerprint density at radius 1 is 1.07 bits per heavy atom. The van der Waals surface area contributed by atoms with Gasteiger partial charge >= 0.3 is 5.97 Å². The van der Waals surface area contributed by atoms with Gasteiger partial charge in [0.2, 0.25) is 5.91 Å². The monoisotopic (exact) mass is 202 g/mol. The molecule has 0 heterocycles. The van der Waals surface area contributed by atoms with Crippen LogP contribution in [0.1, 0.15) is 27.7 Å². The molecule has 0 radical (unpaired) electrons. The molecule has 82 valence electrons. The van der Waals surface area contributed by atoms with Gasteiger partial charge in [-0.1, -0.05) is 13.8 Å². The second-order valence-corrected chi connectivity index (χ2v) is 3.61. The Morgan fingerprint density at radius 2 is 1.57 bits per heavy atom. The van der Waals surface area contributed by atoms with E-state index in [-0.39, 0.29) is 18.0 Å². The summed E-state index contributed by atoms with van der Waals surface area (Å²) in [7, 11) is 0. The first-order chi connectivity index (χ1) is 6.34. The van der Waals surface area contributed by atoms with E-state index in [0.29, 0.717) is 0 Å². The molecule has 1 amide bonds. The van der Waals surface area contributed by atoms with Crippen molar-refractivity contribution in [3.63, 3.8) is 0 Å². The maximum Gasteiger partial charge on any atom is 0.325 e. The van der Waals surface area contributed by atoms with Crippen molar-refractivity contribution in [2.75, 3.05) is 0 Å². The van der Waals surface area contributed by atoms with Crippen LogP contribution in [0.25, 0.3) is 0 Å². The molecule has 2 atom stereocenters. The van der Waals surface area contributed by atoms with Crippen molar-refractivity contribution >= 4 is 11.9 Å². The molecule has 3 N–H and O–H groups in total. The molecule has 14 heavy (non-hydrogen) atoms. The molecular weight excluding hydrogens is 184 g/mol. The van der Waals surface area contributed by atoms with Gasteiger partial charge in [0.25, 0.3) is 0 Å². The third-order valence-electron chi connectivity index (χ3n) is 1.71. The highest BCUT2D eigenvalue weighted by Crippen LogP contribution is 1.89. The van der Waals surface area contributed by atoms with Crippen LogP contribution >= 0.6 is 0 Å². The Hall–Kier alpha value is -1.10. The second kappa shape index (κ2) is 5.59. The van der Waals surface area contributed by atoms with Gasteiger partial charge in [0.15, 0.2) is 0 Å². The summed E-state index contributed by atoms with van der Waals surface area (Å²) in [6, 6.07) is -1.04. The zero-order chi connectivity index (χ0) is 11.3. The smallest absolute Gasteiger partial charge is 0.325 e. The molecule has 0 unspecified atom stereocenters. The number of nitrogens with one attached hydrogen (secondary N) is 2. The van der Waals surface area contributed by atoms with Gasteiger partial charge in [-0.15, -0.1) is 0 Å². The maximum absolute atomic E-state index is 11.4. The normalized spacial score (nSPS) is 14.9. The van der Waals surface area contributed by atoms with E-state index in [1.165, 1.54) is 6.92 Å². The number of rotatable bonds is 5. The lowest BCUT2D eigenvalue weighted by molar-refractivity contribution is -0.141. The molecule has 0 fully saturated rings. The fraction of sp³-hybridized carbons (Fsp3) is 0.778. The summed E-state index contributed by atoms with van der Waals surface area (Å²) in [5, 5.41) is 13.9. The van der Waals surface area contributed by atoms with Crippen LogP contribution in [0.15, 0.2) is 0 Å². The number of amides is 1. The SMILES string of the molecule is CC(C)N[C@@H](C)C(=O)N[C@@H](C)C(=O)O. The Balaban J connectivity index is 4.01. The van der Waals surface area contributed by atoms with Crippen LogP contribution in [0, 0.1) is 0 Å². The Morgan fingerprint density at radius 3 is 1.93 bits per heavy atom. The minimum atomic E-state index is -1.03. The molecule has 0 bridgehead atoms. The van der Waals surface area contributed by atoms with Crippen LogP contribution < -0.4 is 10.6 Å². The third kappa shape index (κ3) is 4.81. The summed E-state index contributed by atoms with van der Waals surface area (Å²) in [5.41, 5.74) is 0. The fourth-order valence-corrected chi connectivity index (χ4v) is 0.976. The highest BCUT2D eigenvalue weighted by atomic mass is 16.4. The van der Waals surface area contributed by atoms with Crippen molar-refractivity contribution in [1.29, 1.82) is 0 Å².